The van der Waals surface area contributed by atoms with E-state index in [4.69, 9.17) is 10.8 Å². The zero-order valence-electron chi connectivity index (χ0n) is 8.56. The van der Waals surface area contributed by atoms with Crippen LogP contribution < -0.4 is 5.73 Å². The van der Waals surface area contributed by atoms with Gasteiger partial charge in [-0.3, -0.25) is 4.79 Å². The number of carbonyl (C=O) groups is 2. The Hall–Kier alpha value is -1.10. The van der Waals surface area contributed by atoms with Gasteiger partial charge in [-0.15, -0.1) is 0 Å². The molecule has 5 nitrogen and oxygen atoms in total. The second-order valence-corrected chi connectivity index (χ2v) is 4.47. The smallest absolute Gasteiger partial charge is 0.326 e. The molecule has 3 N–H and O–H groups in total. The number of hydrogen-bond donors (Lipinski definition) is 2. The number of amides is 1. The van der Waals surface area contributed by atoms with E-state index >= 15 is 0 Å². The van der Waals surface area contributed by atoms with Crippen molar-refractivity contribution in [3.8, 4) is 0 Å². The van der Waals surface area contributed by atoms with E-state index in [0.717, 1.165) is 19.3 Å². The normalized spacial score (nSPS) is 31.4. The molecule has 2 fully saturated rings. The first-order chi connectivity index (χ1) is 7.09. The van der Waals surface area contributed by atoms with Gasteiger partial charge < -0.3 is 15.7 Å². The molecule has 1 aliphatic heterocycles. The van der Waals surface area contributed by atoms with Gasteiger partial charge in [0.2, 0.25) is 5.91 Å². The number of aliphatic carboxylic acids is 1. The summed E-state index contributed by atoms with van der Waals surface area (Å²) in [5.74, 6) is -0.894. The minimum absolute atomic E-state index is 0.0124. The molecular weight excluding hydrogens is 196 g/mol. The molecule has 0 aromatic heterocycles. The number of hydrogen-bond acceptors (Lipinski definition) is 3. The molecule has 2 rings (SSSR count). The van der Waals surface area contributed by atoms with Crippen molar-refractivity contribution in [1.82, 2.24) is 4.90 Å². The maximum atomic E-state index is 11.9. The number of carboxylic acids is 1. The molecule has 2 aliphatic rings. The Morgan fingerprint density at radius 1 is 1.33 bits per heavy atom. The molecule has 0 radical (unpaired) electrons. The first-order valence-corrected chi connectivity index (χ1v) is 5.38. The third kappa shape index (κ3) is 1.84. The van der Waals surface area contributed by atoms with E-state index in [1.54, 1.807) is 0 Å². The lowest BCUT2D eigenvalue weighted by Crippen LogP contribution is -2.45. The molecule has 0 aromatic rings. The molecule has 1 heterocycles. The zero-order valence-corrected chi connectivity index (χ0v) is 8.56. The molecule has 1 saturated heterocycles. The molecule has 0 bridgehead atoms. The van der Waals surface area contributed by atoms with Crippen LogP contribution in [0, 0.1) is 5.92 Å². The van der Waals surface area contributed by atoms with E-state index in [9.17, 15) is 9.59 Å². The Labute approximate surface area is 88.2 Å². The fraction of sp³-hybridized carbons (Fsp3) is 0.800. The average Bonchev–Trinajstić information content (AvgIpc) is 2.44. The summed E-state index contributed by atoms with van der Waals surface area (Å²) in [6, 6.07) is -0.886. The number of carbonyl (C=O) groups excluding carboxylic acids is 1. The summed E-state index contributed by atoms with van der Waals surface area (Å²) in [4.78, 5) is 24.3. The van der Waals surface area contributed by atoms with E-state index < -0.39 is 12.0 Å². The summed E-state index contributed by atoms with van der Waals surface area (Å²) in [5, 5.41) is 8.97. The lowest BCUT2D eigenvalue weighted by atomic mass is 9.84. The quantitative estimate of drug-likeness (QED) is 0.664. The number of nitrogens with zero attached hydrogens (tertiary/aromatic N) is 1. The molecule has 0 spiro atoms. The van der Waals surface area contributed by atoms with Gasteiger partial charge in [0.1, 0.15) is 6.04 Å². The molecule has 2 atom stereocenters. The molecule has 2 unspecified atom stereocenters. The van der Waals surface area contributed by atoms with Crippen LogP contribution in [0.2, 0.25) is 0 Å². The van der Waals surface area contributed by atoms with Gasteiger partial charge in [0.25, 0.3) is 0 Å². The monoisotopic (exact) mass is 212 g/mol. The number of likely N-dealkylation sites (tertiary alicyclic amines) is 1. The van der Waals surface area contributed by atoms with Crippen LogP contribution in [0.3, 0.4) is 0 Å². The maximum Gasteiger partial charge on any atom is 0.326 e. The molecule has 1 saturated carbocycles. The minimum atomic E-state index is -0.935. The van der Waals surface area contributed by atoms with Crippen molar-refractivity contribution in [2.24, 2.45) is 11.7 Å². The van der Waals surface area contributed by atoms with Crippen molar-refractivity contribution in [3.05, 3.63) is 0 Å². The van der Waals surface area contributed by atoms with Crippen LogP contribution in [0.25, 0.3) is 0 Å². The fourth-order valence-electron chi connectivity index (χ4n) is 2.24. The maximum absolute atomic E-state index is 11.9. The Kier molecular flexibility index (Phi) is 2.65. The summed E-state index contributed by atoms with van der Waals surface area (Å²) >= 11 is 0. The average molecular weight is 212 g/mol. The largest absolute Gasteiger partial charge is 0.480 e. The van der Waals surface area contributed by atoms with Crippen LogP contribution >= 0.6 is 0 Å². The Balaban J connectivity index is 2.05. The van der Waals surface area contributed by atoms with E-state index in [1.807, 2.05) is 0 Å². The highest BCUT2D eigenvalue weighted by Gasteiger charge is 2.41. The van der Waals surface area contributed by atoms with Crippen molar-refractivity contribution in [3.63, 3.8) is 0 Å². The lowest BCUT2D eigenvalue weighted by Gasteiger charge is -2.31. The van der Waals surface area contributed by atoms with Gasteiger partial charge in [0, 0.05) is 18.5 Å². The minimum Gasteiger partial charge on any atom is -0.480 e. The van der Waals surface area contributed by atoms with Crippen LogP contribution in [0.4, 0.5) is 0 Å². The molecule has 5 heteroatoms. The Morgan fingerprint density at radius 2 is 2.00 bits per heavy atom. The molecule has 15 heavy (non-hydrogen) atoms. The van der Waals surface area contributed by atoms with Crippen LogP contribution in [0.15, 0.2) is 0 Å². The van der Waals surface area contributed by atoms with E-state index in [-0.39, 0.29) is 17.9 Å². The fourth-order valence-corrected chi connectivity index (χ4v) is 2.24. The van der Waals surface area contributed by atoms with Crippen LogP contribution in [-0.4, -0.2) is 40.5 Å². The first kappa shape index (κ1) is 10.4. The van der Waals surface area contributed by atoms with E-state index in [2.05, 4.69) is 0 Å². The zero-order chi connectivity index (χ0) is 11.0. The predicted octanol–water partition coefficient (Wildman–Crippen LogP) is -0.201. The third-order valence-corrected chi connectivity index (χ3v) is 3.36. The van der Waals surface area contributed by atoms with Crippen molar-refractivity contribution < 1.29 is 14.7 Å². The van der Waals surface area contributed by atoms with Gasteiger partial charge in [-0.05, 0) is 19.3 Å². The van der Waals surface area contributed by atoms with Crippen LogP contribution in [-0.2, 0) is 9.59 Å². The second kappa shape index (κ2) is 3.81. The molecule has 1 aliphatic carbocycles. The number of rotatable bonds is 2. The second-order valence-electron chi connectivity index (χ2n) is 4.47. The number of nitrogens with two attached hydrogens (primary N) is 1. The van der Waals surface area contributed by atoms with Crippen LogP contribution in [0.5, 0.6) is 0 Å². The van der Waals surface area contributed by atoms with Crippen molar-refractivity contribution in [2.75, 3.05) is 6.54 Å². The van der Waals surface area contributed by atoms with E-state index in [0.29, 0.717) is 13.0 Å². The van der Waals surface area contributed by atoms with Gasteiger partial charge in [-0.2, -0.15) is 0 Å². The van der Waals surface area contributed by atoms with Gasteiger partial charge >= 0.3 is 5.97 Å². The first-order valence-electron chi connectivity index (χ1n) is 5.38. The summed E-state index contributed by atoms with van der Waals surface area (Å²) < 4.78 is 0. The van der Waals surface area contributed by atoms with Gasteiger partial charge in [0.05, 0.1) is 0 Å². The van der Waals surface area contributed by atoms with Crippen LogP contribution in [0.1, 0.15) is 25.7 Å². The highest BCUT2D eigenvalue weighted by atomic mass is 16.4. The lowest BCUT2D eigenvalue weighted by molar-refractivity contribution is -0.151. The summed E-state index contributed by atoms with van der Waals surface area (Å²) in [6.07, 6.45) is 3.26. The predicted molar refractivity (Wildman–Crippen MR) is 53.1 cm³/mol. The molecule has 1 amide bonds. The summed E-state index contributed by atoms with van der Waals surface area (Å²) in [5.41, 5.74) is 5.69. The highest BCUT2D eigenvalue weighted by molar-refractivity contribution is 5.86. The third-order valence-electron chi connectivity index (χ3n) is 3.36. The SMILES string of the molecule is NC1CC(C(=O)O)N(C(=O)C2CCC2)C1. The van der Waals surface area contributed by atoms with E-state index in [1.165, 1.54) is 4.90 Å². The number of carboxylic acid groups (broad SMARTS) is 1. The molecule has 0 aromatic carbocycles. The van der Waals surface area contributed by atoms with Gasteiger partial charge in [0.15, 0.2) is 0 Å². The molecule has 84 valence electrons. The Bertz CT molecular complexity index is 288. The summed E-state index contributed by atoms with van der Waals surface area (Å²) in [7, 11) is 0. The topological polar surface area (TPSA) is 83.6 Å². The van der Waals surface area contributed by atoms with Crippen molar-refractivity contribution in [1.29, 1.82) is 0 Å². The Morgan fingerprint density at radius 3 is 2.47 bits per heavy atom. The highest BCUT2D eigenvalue weighted by Crippen LogP contribution is 2.31. The van der Waals surface area contributed by atoms with Gasteiger partial charge in [-0.1, -0.05) is 6.42 Å². The van der Waals surface area contributed by atoms with Gasteiger partial charge in [-0.25, -0.2) is 4.79 Å². The summed E-state index contributed by atoms with van der Waals surface area (Å²) in [6.45, 7) is 0.395. The standard InChI is InChI=1S/C10H16N2O3/c11-7-4-8(10(14)15)12(5-7)9(13)6-2-1-3-6/h6-8H,1-5,11H2,(H,14,15). The van der Waals surface area contributed by atoms with Crippen molar-refractivity contribution >= 4 is 11.9 Å². The molecular formula is C10H16N2O3. The van der Waals surface area contributed by atoms with Crippen molar-refractivity contribution in [2.45, 2.75) is 37.8 Å².